The van der Waals surface area contributed by atoms with Gasteiger partial charge in [0, 0.05) is 17.3 Å². The fourth-order valence-electron chi connectivity index (χ4n) is 3.81. The van der Waals surface area contributed by atoms with Gasteiger partial charge in [0.2, 0.25) is 12.7 Å². The Morgan fingerprint density at radius 1 is 1.09 bits per heavy atom. The third-order valence-electron chi connectivity index (χ3n) is 5.54. The summed E-state index contributed by atoms with van der Waals surface area (Å²) >= 11 is 0. The normalized spacial score (nSPS) is 11.9. The van der Waals surface area contributed by atoms with Crippen molar-refractivity contribution in [1.29, 1.82) is 0 Å². The second kappa shape index (κ2) is 9.68. The van der Waals surface area contributed by atoms with Crippen molar-refractivity contribution in [1.82, 2.24) is 15.0 Å². The molecule has 35 heavy (non-hydrogen) atoms. The van der Waals surface area contributed by atoms with E-state index in [-0.39, 0.29) is 31.3 Å². The minimum atomic E-state index is -0.385. The van der Waals surface area contributed by atoms with Crippen LogP contribution in [-0.2, 0) is 17.9 Å². The quantitative estimate of drug-likeness (QED) is 0.365. The molecule has 0 saturated carbocycles. The van der Waals surface area contributed by atoms with Gasteiger partial charge in [-0.3, -0.25) is 9.59 Å². The van der Waals surface area contributed by atoms with Crippen molar-refractivity contribution in [3.05, 3.63) is 95.3 Å². The second-order valence-electron chi connectivity index (χ2n) is 7.79. The maximum Gasteiger partial charge on any atom is 0.278 e. The zero-order chi connectivity index (χ0) is 24.2. The molecule has 176 valence electrons. The number of rotatable bonds is 8. The first-order valence-corrected chi connectivity index (χ1v) is 11.0. The van der Waals surface area contributed by atoms with Gasteiger partial charge in [0.05, 0.1) is 11.9 Å². The molecule has 4 aromatic rings. The lowest BCUT2D eigenvalue weighted by Gasteiger charge is -2.24. The highest BCUT2D eigenvalue weighted by molar-refractivity contribution is 5.93. The zero-order valence-corrected chi connectivity index (χ0v) is 18.8. The summed E-state index contributed by atoms with van der Waals surface area (Å²) in [5.41, 5.74) is 1.46. The molecule has 9 nitrogen and oxygen atoms in total. The number of anilines is 1. The van der Waals surface area contributed by atoms with Crippen LogP contribution in [0, 0.1) is 0 Å². The van der Waals surface area contributed by atoms with Crippen LogP contribution in [0.4, 0.5) is 5.69 Å². The van der Waals surface area contributed by atoms with Gasteiger partial charge < -0.3 is 19.1 Å². The van der Waals surface area contributed by atoms with E-state index in [9.17, 15) is 9.59 Å². The molecule has 1 aliphatic rings. The first-order valence-electron chi connectivity index (χ1n) is 11.0. The molecule has 0 saturated heterocycles. The summed E-state index contributed by atoms with van der Waals surface area (Å²) in [5, 5.41) is 8.45. The van der Waals surface area contributed by atoms with Crippen LogP contribution < -0.4 is 24.7 Å². The van der Waals surface area contributed by atoms with Crippen molar-refractivity contribution in [3.63, 3.8) is 0 Å². The number of carbonyl (C=O) groups excluding carboxylic acids is 1. The van der Waals surface area contributed by atoms with Crippen LogP contribution in [0.1, 0.15) is 5.56 Å². The van der Waals surface area contributed by atoms with Gasteiger partial charge in [0.15, 0.2) is 11.5 Å². The Kier molecular flexibility index (Phi) is 6.13. The lowest BCUT2D eigenvalue weighted by atomic mass is 10.1. The number of aromatic nitrogens is 3. The summed E-state index contributed by atoms with van der Waals surface area (Å²) in [4.78, 5) is 28.1. The average molecular weight is 470 g/mol. The maximum absolute atomic E-state index is 13.6. The Morgan fingerprint density at radius 3 is 2.77 bits per heavy atom. The summed E-state index contributed by atoms with van der Waals surface area (Å²) in [6.45, 7) is 4.05. The second-order valence-corrected chi connectivity index (χ2v) is 7.79. The average Bonchev–Trinajstić information content (AvgIpc) is 3.36. The van der Waals surface area contributed by atoms with Crippen LogP contribution >= 0.6 is 0 Å². The van der Waals surface area contributed by atoms with Gasteiger partial charge in [-0.1, -0.05) is 48.2 Å². The first kappa shape index (κ1) is 22.1. The Balaban J connectivity index is 1.50. The van der Waals surface area contributed by atoms with Crippen molar-refractivity contribution >= 4 is 22.5 Å². The Labute approximate surface area is 200 Å². The van der Waals surface area contributed by atoms with Crippen molar-refractivity contribution < 1.29 is 19.0 Å². The van der Waals surface area contributed by atoms with Crippen LogP contribution in [0.2, 0.25) is 0 Å². The number of hydrogen-bond donors (Lipinski definition) is 0. The van der Waals surface area contributed by atoms with E-state index >= 15 is 0 Å². The molecular formula is C26H22N4O5. The molecule has 0 aliphatic carbocycles. The molecule has 1 aromatic heterocycles. The van der Waals surface area contributed by atoms with E-state index in [0.717, 1.165) is 10.2 Å². The summed E-state index contributed by atoms with van der Waals surface area (Å²) in [5.74, 6) is 1.43. The zero-order valence-electron chi connectivity index (χ0n) is 18.8. The van der Waals surface area contributed by atoms with E-state index in [4.69, 9.17) is 14.2 Å². The Hall–Kier alpha value is -4.66. The molecule has 0 unspecified atom stereocenters. The fraction of sp³-hybridized carbons (Fsp3) is 0.154. The SMILES string of the molecule is C=CCOc1ccccc1CN(C(=O)Cn1nnc2ccccc2c1=O)c1ccc2c(c1)OCO2. The van der Waals surface area contributed by atoms with Gasteiger partial charge in [-0.15, -0.1) is 5.10 Å². The van der Waals surface area contributed by atoms with E-state index in [0.29, 0.717) is 40.4 Å². The number of ether oxygens (including phenoxy) is 3. The molecule has 9 heteroatoms. The van der Waals surface area contributed by atoms with Crippen LogP contribution in [0.5, 0.6) is 17.2 Å². The van der Waals surface area contributed by atoms with Crippen LogP contribution in [-0.4, -0.2) is 34.3 Å². The van der Waals surface area contributed by atoms with Gasteiger partial charge in [-0.25, -0.2) is 4.68 Å². The van der Waals surface area contributed by atoms with Gasteiger partial charge in [-0.05, 0) is 30.3 Å². The molecule has 3 aromatic carbocycles. The molecule has 1 amide bonds. The van der Waals surface area contributed by atoms with Crippen molar-refractivity contribution in [2.45, 2.75) is 13.1 Å². The van der Waals surface area contributed by atoms with Crippen LogP contribution in [0.25, 0.3) is 10.9 Å². The number of nitrogens with zero attached hydrogens (tertiary/aromatic N) is 4. The molecule has 0 atom stereocenters. The fourth-order valence-corrected chi connectivity index (χ4v) is 3.81. The standard InChI is InChI=1S/C26H22N4O5/c1-2-13-33-22-10-6-3-7-18(22)15-29(19-11-12-23-24(14-19)35-17-34-23)25(31)16-30-26(32)20-8-4-5-9-21(20)27-28-30/h2-12,14H,1,13,15-17H2. The Morgan fingerprint density at radius 2 is 1.89 bits per heavy atom. The highest BCUT2D eigenvalue weighted by Crippen LogP contribution is 2.36. The maximum atomic E-state index is 13.6. The van der Waals surface area contributed by atoms with Crippen LogP contribution in [0.15, 0.2) is 84.2 Å². The van der Waals surface area contributed by atoms with E-state index in [1.807, 2.05) is 24.3 Å². The minimum absolute atomic E-state index is 0.118. The molecule has 0 spiro atoms. The third kappa shape index (κ3) is 4.56. The molecule has 1 aliphatic heterocycles. The number of benzene rings is 3. The molecular weight excluding hydrogens is 448 g/mol. The Bertz CT molecular complexity index is 1470. The number of para-hydroxylation sites is 1. The van der Waals surface area contributed by atoms with Gasteiger partial charge >= 0.3 is 0 Å². The largest absolute Gasteiger partial charge is 0.489 e. The number of amides is 1. The van der Waals surface area contributed by atoms with E-state index in [1.54, 1.807) is 53.4 Å². The van der Waals surface area contributed by atoms with E-state index < -0.39 is 0 Å². The number of carbonyl (C=O) groups is 1. The van der Waals surface area contributed by atoms with Crippen molar-refractivity contribution in [2.24, 2.45) is 0 Å². The van der Waals surface area contributed by atoms with Gasteiger partial charge in [-0.2, -0.15) is 0 Å². The smallest absolute Gasteiger partial charge is 0.278 e. The molecule has 0 N–H and O–H groups in total. The molecule has 5 rings (SSSR count). The predicted octanol–water partition coefficient (Wildman–Crippen LogP) is 3.32. The molecule has 0 fully saturated rings. The third-order valence-corrected chi connectivity index (χ3v) is 5.54. The summed E-state index contributed by atoms with van der Waals surface area (Å²) in [6, 6.07) is 19.6. The summed E-state index contributed by atoms with van der Waals surface area (Å²) in [7, 11) is 0. The highest BCUT2D eigenvalue weighted by Gasteiger charge is 2.23. The topological polar surface area (TPSA) is 95.8 Å². The van der Waals surface area contributed by atoms with Crippen LogP contribution in [0.3, 0.4) is 0 Å². The van der Waals surface area contributed by atoms with Gasteiger partial charge in [0.25, 0.3) is 5.56 Å². The number of fused-ring (bicyclic) bond motifs is 2. The molecule has 0 bridgehead atoms. The first-order chi connectivity index (χ1) is 17.1. The molecule has 0 radical (unpaired) electrons. The van der Waals surface area contributed by atoms with Gasteiger partial charge in [0.1, 0.15) is 24.4 Å². The summed E-state index contributed by atoms with van der Waals surface area (Å²) < 4.78 is 17.8. The lowest BCUT2D eigenvalue weighted by Crippen LogP contribution is -2.37. The highest BCUT2D eigenvalue weighted by atomic mass is 16.7. The monoisotopic (exact) mass is 470 g/mol. The summed E-state index contributed by atoms with van der Waals surface area (Å²) in [6.07, 6.45) is 1.66. The predicted molar refractivity (Wildman–Crippen MR) is 130 cm³/mol. The van der Waals surface area contributed by atoms with Crippen molar-refractivity contribution in [3.8, 4) is 17.2 Å². The lowest BCUT2D eigenvalue weighted by molar-refractivity contribution is -0.119. The molecule has 2 heterocycles. The minimum Gasteiger partial charge on any atom is -0.489 e. The number of hydrogen-bond acceptors (Lipinski definition) is 7. The van der Waals surface area contributed by atoms with Crippen molar-refractivity contribution in [2.75, 3.05) is 18.3 Å². The van der Waals surface area contributed by atoms with E-state index in [2.05, 4.69) is 16.9 Å². The van der Waals surface area contributed by atoms with E-state index in [1.165, 1.54) is 0 Å².